The summed E-state index contributed by atoms with van der Waals surface area (Å²) in [5, 5.41) is 3.48. The van der Waals surface area contributed by atoms with Crippen LogP contribution in [-0.4, -0.2) is 68.6 Å². The minimum absolute atomic E-state index is 0.00832. The van der Waals surface area contributed by atoms with E-state index >= 15 is 0 Å². The molecule has 0 fully saturated rings. The van der Waals surface area contributed by atoms with Crippen LogP contribution in [0.3, 0.4) is 0 Å². The minimum atomic E-state index is -0.625. The van der Waals surface area contributed by atoms with Crippen molar-refractivity contribution in [1.82, 2.24) is 5.32 Å². The predicted octanol–water partition coefficient (Wildman–Crippen LogP) is 3.13. The van der Waals surface area contributed by atoms with E-state index in [9.17, 15) is 14.4 Å². The highest BCUT2D eigenvalue weighted by Gasteiger charge is 2.32. The Morgan fingerprint density at radius 1 is 0.733 bits per heavy atom. The van der Waals surface area contributed by atoms with E-state index < -0.39 is 5.54 Å². The van der Waals surface area contributed by atoms with Gasteiger partial charge in [0.05, 0.1) is 45.2 Å². The molecule has 0 aliphatic rings. The van der Waals surface area contributed by atoms with Crippen molar-refractivity contribution in [2.24, 2.45) is 5.92 Å². The molecule has 0 bridgehead atoms. The molecule has 176 valence electrons. The van der Waals surface area contributed by atoms with E-state index in [-0.39, 0.29) is 29.3 Å². The molecule has 0 atom stereocenters. The van der Waals surface area contributed by atoms with Gasteiger partial charge in [-0.3, -0.25) is 14.4 Å². The summed E-state index contributed by atoms with van der Waals surface area (Å²) in [6.07, 6.45) is 2.13. The van der Waals surface area contributed by atoms with Crippen molar-refractivity contribution in [3.63, 3.8) is 0 Å². The first-order chi connectivity index (χ1) is 14.2. The van der Waals surface area contributed by atoms with Gasteiger partial charge in [-0.1, -0.05) is 41.5 Å². The van der Waals surface area contributed by atoms with Gasteiger partial charge in [0.15, 0.2) is 0 Å². The van der Waals surface area contributed by atoms with Crippen LogP contribution >= 0.6 is 0 Å². The minimum Gasteiger partial charge on any atom is -0.379 e. The van der Waals surface area contributed by atoms with Gasteiger partial charge in [0.25, 0.3) is 0 Å². The van der Waals surface area contributed by atoms with Crippen LogP contribution in [0.2, 0.25) is 0 Å². The van der Waals surface area contributed by atoms with Crippen molar-refractivity contribution in [2.45, 2.75) is 85.2 Å². The summed E-state index contributed by atoms with van der Waals surface area (Å²) in [5.74, 6) is 0.484. The standard InChI is InChI=1S/C23H43NO6/c1-7-20(25)9-12-28-15-23(24-19(5)6,16-29-13-10-21(26)8-2)17-30-14-11-22(27)18(3)4/h18-19,24H,7-17H2,1-6H3. The van der Waals surface area contributed by atoms with E-state index in [2.05, 4.69) is 5.32 Å². The van der Waals surface area contributed by atoms with Gasteiger partial charge in [-0.2, -0.15) is 0 Å². The first-order valence-corrected chi connectivity index (χ1v) is 11.2. The van der Waals surface area contributed by atoms with Crippen molar-refractivity contribution >= 4 is 17.3 Å². The third kappa shape index (κ3) is 14.0. The van der Waals surface area contributed by atoms with Gasteiger partial charge >= 0.3 is 0 Å². The molecule has 1 N–H and O–H groups in total. The molecule has 0 radical (unpaired) electrons. The van der Waals surface area contributed by atoms with Crippen LogP contribution in [0.25, 0.3) is 0 Å². The molecule has 0 rings (SSSR count). The van der Waals surface area contributed by atoms with Gasteiger partial charge in [-0.05, 0) is 0 Å². The second-order valence-corrected chi connectivity index (χ2v) is 8.39. The highest BCUT2D eigenvalue weighted by atomic mass is 16.5. The van der Waals surface area contributed by atoms with Gasteiger partial charge in [0.1, 0.15) is 17.3 Å². The zero-order valence-electron chi connectivity index (χ0n) is 19.9. The van der Waals surface area contributed by atoms with Crippen molar-refractivity contribution in [1.29, 1.82) is 0 Å². The SMILES string of the molecule is CCC(=O)CCOCC(COCCC(=O)CC)(COCCC(=O)C(C)C)NC(C)C. The maximum Gasteiger partial charge on any atom is 0.137 e. The zero-order valence-corrected chi connectivity index (χ0v) is 19.9. The Bertz CT molecular complexity index is 480. The van der Waals surface area contributed by atoms with Crippen LogP contribution in [0.15, 0.2) is 0 Å². The second-order valence-electron chi connectivity index (χ2n) is 8.39. The maximum absolute atomic E-state index is 11.8. The molecule has 0 aromatic heterocycles. The molecule has 0 saturated heterocycles. The molecular formula is C23H43NO6. The van der Waals surface area contributed by atoms with E-state index in [0.717, 1.165) is 0 Å². The van der Waals surface area contributed by atoms with Crippen LogP contribution < -0.4 is 5.32 Å². The van der Waals surface area contributed by atoms with E-state index in [1.54, 1.807) is 0 Å². The van der Waals surface area contributed by atoms with Gasteiger partial charge in [0, 0.05) is 44.1 Å². The van der Waals surface area contributed by atoms with Crippen LogP contribution in [0.1, 0.15) is 73.6 Å². The molecule has 0 amide bonds. The summed E-state index contributed by atoms with van der Waals surface area (Å²) in [5.41, 5.74) is -0.625. The summed E-state index contributed by atoms with van der Waals surface area (Å²) in [7, 11) is 0. The lowest BCUT2D eigenvalue weighted by atomic mass is 10.0. The third-order valence-electron chi connectivity index (χ3n) is 4.71. The molecule has 7 heteroatoms. The largest absolute Gasteiger partial charge is 0.379 e. The molecule has 0 heterocycles. The third-order valence-corrected chi connectivity index (χ3v) is 4.71. The maximum atomic E-state index is 11.8. The van der Waals surface area contributed by atoms with E-state index in [0.29, 0.717) is 71.7 Å². The molecule has 30 heavy (non-hydrogen) atoms. The fraction of sp³-hybridized carbons (Fsp3) is 0.870. The summed E-state index contributed by atoms with van der Waals surface area (Å²) >= 11 is 0. The number of carbonyl (C=O) groups excluding carboxylic acids is 3. The Labute approximate surface area is 182 Å². The number of hydrogen-bond donors (Lipinski definition) is 1. The lowest BCUT2D eigenvalue weighted by molar-refractivity contribution is -0.123. The first-order valence-electron chi connectivity index (χ1n) is 11.2. The van der Waals surface area contributed by atoms with Crippen molar-refractivity contribution in [2.75, 3.05) is 39.6 Å². The Balaban J connectivity index is 4.92. The van der Waals surface area contributed by atoms with E-state index in [1.807, 2.05) is 41.5 Å². The monoisotopic (exact) mass is 429 g/mol. The van der Waals surface area contributed by atoms with E-state index in [4.69, 9.17) is 14.2 Å². The molecule has 0 aliphatic heterocycles. The number of hydrogen-bond acceptors (Lipinski definition) is 7. The molecule has 0 spiro atoms. The Kier molecular flexibility index (Phi) is 15.9. The Hall–Kier alpha value is -1.15. The van der Waals surface area contributed by atoms with Gasteiger partial charge in [-0.15, -0.1) is 0 Å². The number of ketones is 3. The van der Waals surface area contributed by atoms with Crippen LogP contribution in [0.5, 0.6) is 0 Å². The highest BCUT2D eigenvalue weighted by molar-refractivity contribution is 5.80. The fourth-order valence-corrected chi connectivity index (χ4v) is 2.85. The molecule has 0 aromatic rings. The number of ether oxygens (including phenoxy) is 3. The van der Waals surface area contributed by atoms with Crippen molar-refractivity contribution in [3.05, 3.63) is 0 Å². The molecule has 0 saturated carbocycles. The van der Waals surface area contributed by atoms with Gasteiger partial charge in [0.2, 0.25) is 0 Å². The zero-order chi connectivity index (χ0) is 23.0. The lowest BCUT2D eigenvalue weighted by Crippen LogP contribution is -2.59. The number of nitrogens with one attached hydrogen (secondary N) is 1. The molecule has 0 aliphatic carbocycles. The topological polar surface area (TPSA) is 90.9 Å². The first kappa shape index (κ1) is 28.9. The number of carbonyl (C=O) groups is 3. The van der Waals surface area contributed by atoms with Crippen LogP contribution in [-0.2, 0) is 28.6 Å². The highest BCUT2D eigenvalue weighted by Crippen LogP contribution is 2.12. The summed E-state index contributed by atoms with van der Waals surface area (Å²) < 4.78 is 17.5. The van der Waals surface area contributed by atoms with Gasteiger partial charge in [-0.25, -0.2) is 0 Å². The lowest BCUT2D eigenvalue weighted by Gasteiger charge is -2.36. The summed E-state index contributed by atoms with van der Waals surface area (Å²) in [6, 6.07) is 0.146. The van der Waals surface area contributed by atoms with E-state index in [1.165, 1.54) is 0 Å². The molecular weight excluding hydrogens is 386 g/mol. The second kappa shape index (κ2) is 16.5. The quantitative estimate of drug-likeness (QED) is 0.297. The van der Waals surface area contributed by atoms with Crippen LogP contribution in [0, 0.1) is 5.92 Å². The summed E-state index contributed by atoms with van der Waals surface area (Å²) in [4.78, 5) is 34.9. The normalized spacial score (nSPS) is 12.0. The number of Topliss-reactive ketones (excluding diaryl/α,β-unsaturated/α-hetero) is 3. The fourth-order valence-electron chi connectivity index (χ4n) is 2.85. The van der Waals surface area contributed by atoms with Crippen molar-refractivity contribution in [3.8, 4) is 0 Å². The Morgan fingerprint density at radius 2 is 1.13 bits per heavy atom. The smallest absolute Gasteiger partial charge is 0.137 e. The molecule has 0 aromatic carbocycles. The Morgan fingerprint density at radius 3 is 1.47 bits per heavy atom. The molecule has 7 nitrogen and oxygen atoms in total. The van der Waals surface area contributed by atoms with Crippen molar-refractivity contribution < 1.29 is 28.6 Å². The average molecular weight is 430 g/mol. The van der Waals surface area contributed by atoms with Crippen LogP contribution in [0.4, 0.5) is 0 Å². The molecule has 0 unspecified atom stereocenters. The predicted molar refractivity (Wildman–Crippen MR) is 118 cm³/mol. The number of rotatable bonds is 20. The summed E-state index contributed by atoms with van der Waals surface area (Å²) in [6.45, 7) is 13.4. The average Bonchev–Trinajstić information content (AvgIpc) is 2.70. The van der Waals surface area contributed by atoms with Gasteiger partial charge < -0.3 is 19.5 Å².